The van der Waals surface area contributed by atoms with E-state index in [2.05, 4.69) is 39.4 Å². The number of aromatic nitrogens is 3. The number of urea groups is 1. The van der Waals surface area contributed by atoms with Crippen LogP contribution in [0.3, 0.4) is 0 Å². The van der Waals surface area contributed by atoms with E-state index in [-0.39, 0.29) is 0 Å². The summed E-state index contributed by atoms with van der Waals surface area (Å²) < 4.78 is 11.7. The lowest BCUT2D eigenvalue weighted by atomic mass is 10.1. The maximum atomic E-state index is 11.3. The number of pyridine rings is 1. The molecule has 4 aromatic rings. The number of fused-ring (bicyclic) bond motifs is 1. The Morgan fingerprint density at radius 1 is 1.03 bits per heavy atom. The fraction of sp³-hybridized carbons (Fsp3) is 0.200. The van der Waals surface area contributed by atoms with E-state index in [1.54, 1.807) is 24.7 Å². The maximum Gasteiger partial charge on any atom is 0.316 e. The van der Waals surface area contributed by atoms with Crippen molar-refractivity contribution in [2.45, 2.75) is 20.5 Å². The molecule has 0 aliphatic carbocycles. The van der Waals surface area contributed by atoms with E-state index < -0.39 is 6.03 Å². The van der Waals surface area contributed by atoms with Gasteiger partial charge in [0.2, 0.25) is 5.88 Å². The van der Waals surface area contributed by atoms with Gasteiger partial charge in [0.1, 0.15) is 18.2 Å². The van der Waals surface area contributed by atoms with Crippen LogP contribution in [0.25, 0.3) is 10.8 Å². The highest BCUT2D eigenvalue weighted by Gasteiger charge is 2.09. The summed E-state index contributed by atoms with van der Waals surface area (Å²) in [4.78, 5) is 24.3. The van der Waals surface area contributed by atoms with Crippen LogP contribution >= 0.6 is 0 Å². The van der Waals surface area contributed by atoms with Crippen LogP contribution < -0.4 is 25.8 Å². The van der Waals surface area contributed by atoms with Crippen molar-refractivity contribution in [2.75, 3.05) is 17.2 Å². The van der Waals surface area contributed by atoms with Gasteiger partial charge in [0.25, 0.3) is 0 Å². The zero-order valence-corrected chi connectivity index (χ0v) is 19.0. The molecular formula is C25H26N6O3. The molecule has 0 unspecified atom stereocenters. The van der Waals surface area contributed by atoms with Gasteiger partial charge in [-0.05, 0) is 35.7 Å². The molecule has 0 spiro atoms. The van der Waals surface area contributed by atoms with Crippen LogP contribution in [-0.4, -0.2) is 27.6 Å². The first-order valence-electron chi connectivity index (χ1n) is 10.9. The minimum absolute atomic E-state index is 0.326. The van der Waals surface area contributed by atoms with Gasteiger partial charge in [-0.25, -0.2) is 9.78 Å². The Morgan fingerprint density at radius 3 is 2.65 bits per heavy atom. The van der Waals surface area contributed by atoms with Crippen molar-refractivity contribution >= 4 is 34.1 Å². The number of hydrogen-bond donors (Lipinski definition) is 3. The summed E-state index contributed by atoms with van der Waals surface area (Å²) in [5.74, 6) is 2.69. The second-order valence-electron chi connectivity index (χ2n) is 8.06. The van der Waals surface area contributed by atoms with Crippen molar-refractivity contribution in [3.8, 4) is 11.6 Å². The van der Waals surface area contributed by atoms with E-state index in [9.17, 15) is 4.79 Å². The number of nitrogens with one attached hydrogen (secondary N) is 2. The van der Waals surface area contributed by atoms with Crippen molar-refractivity contribution in [1.82, 2.24) is 15.0 Å². The Balaban J connectivity index is 1.46. The first kappa shape index (κ1) is 22.8. The first-order valence-corrected chi connectivity index (χ1v) is 10.9. The summed E-state index contributed by atoms with van der Waals surface area (Å²) >= 11 is 0. The molecule has 0 aliphatic rings. The molecule has 174 valence electrons. The summed E-state index contributed by atoms with van der Waals surface area (Å²) in [5.41, 5.74) is 6.83. The summed E-state index contributed by atoms with van der Waals surface area (Å²) in [7, 11) is 0. The number of amides is 2. The number of carbonyl (C=O) groups is 1. The van der Waals surface area contributed by atoms with Crippen LogP contribution in [0.1, 0.15) is 19.4 Å². The number of primary amides is 1. The molecule has 0 saturated heterocycles. The third-order valence-electron chi connectivity index (χ3n) is 4.79. The largest absolute Gasteiger partial charge is 0.488 e. The van der Waals surface area contributed by atoms with E-state index in [0.717, 1.165) is 16.3 Å². The Kier molecular flexibility index (Phi) is 7.02. The Hall–Kier alpha value is -4.40. The number of nitrogens with zero attached hydrogens (tertiary/aromatic N) is 3. The molecule has 0 aliphatic heterocycles. The molecule has 34 heavy (non-hydrogen) atoms. The number of benzene rings is 2. The van der Waals surface area contributed by atoms with Gasteiger partial charge < -0.3 is 25.8 Å². The first-order chi connectivity index (χ1) is 16.5. The normalized spacial score (nSPS) is 10.8. The van der Waals surface area contributed by atoms with E-state index in [0.29, 0.717) is 48.1 Å². The van der Waals surface area contributed by atoms with Crippen LogP contribution in [0.2, 0.25) is 0 Å². The lowest BCUT2D eigenvalue weighted by Gasteiger charge is -2.13. The van der Waals surface area contributed by atoms with Gasteiger partial charge in [-0.15, -0.1) is 0 Å². The Morgan fingerprint density at radius 2 is 1.85 bits per heavy atom. The van der Waals surface area contributed by atoms with Crippen LogP contribution in [-0.2, 0) is 6.61 Å². The molecule has 0 bridgehead atoms. The highest BCUT2D eigenvalue weighted by Crippen LogP contribution is 2.32. The van der Waals surface area contributed by atoms with E-state index in [1.807, 2.05) is 42.5 Å². The molecule has 2 amide bonds. The number of anilines is 3. The molecule has 2 heterocycles. The minimum Gasteiger partial charge on any atom is -0.488 e. The highest BCUT2D eigenvalue weighted by molar-refractivity contribution is 6.03. The average molecular weight is 459 g/mol. The van der Waals surface area contributed by atoms with E-state index in [4.69, 9.17) is 15.2 Å². The van der Waals surface area contributed by atoms with Gasteiger partial charge in [-0.1, -0.05) is 38.1 Å². The Labute approximate surface area is 197 Å². The molecule has 2 aromatic carbocycles. The number of nitrogens with two attached hydrogens (primary N) is 1. The smallest absolute Gasteiger partial charge is 0.316 e. The predicted molar refractivity (Wildman–Crippen MR) is 131 cm³/mol. The number of ether oxygens (including phenoxy) is 2. The van der Waals surface area contributed by atoms with Crippen LogP contribution in [0, 0.1) is 5.92 Å². The summed E-state index contributed by atoms with van der Waals surface area (Å²) in [5, 5.41) is 7.51. The van der Waals surface area contributed by atoms with Gasteiger partial charge >= 0.3 is 6.03 Å². The number of rotatable bonds is 9. The second-order valence-corrected chi connectivity index (χ2v) is 8.06. The monoisotopic (exact) mass is 458 g/mol. The number of hydrogen-bond acceptors (Lipinski definition) is 7. The topological polar surface area (TPSA) is 124 Å². The highest BCUT2D eigenvalue weighted by atomic mass is 16.5. The molecule has 2 aromatic heterocycles. The van der Waals surface area contributed by atoms with Crippen molar-refractivity contribution < 1.29 is 14.3 Å². The summed E-state index contributed by atoms with van der Waals surface area (Å²) in [6.07, 6.45) is 4.90. The van der Waals surface area contributed by atoms with E-state index in [1.165, 1.54) is 0 Å². The third kappa shape index (κ3) is 5.89. The molecule has 4 N–H and O–H groups in total. The fourth-order valence-corrected chi connectivity index (χ4v) is 3.29. The molecule has 0 saturated carbocycles. The maximum absolute atomic E-state index is 11.3. The quantitative estimate of drug-likeness (QED) is 0.327. The predicted octanol–water partition coefficient (Wildman–Crippen LogP) is 4.87. The zero-order valence-electron chi connectivity index (χ0n) is 19.0. The minimum atomic E-state index is -0.614. The van der Waals surface area contributed by atoms with Crippen molar-refractivity contribution in [2.24, 2.45) is 11.7 Å². The van der Waals surface area contributed by atoms with Crippen molar-refractivity contribution in [1.29, 1.82) is 0 Å². The lowest BCUT2D eigenvalue weighted by molar-refractivity contribution is 0.259. The Bertz CT molecular complexity index is 1290. The molecule has 0 atom stereocenters. The zero-order chi connectivity index (χ0) is 23.9. The fourth-order valence-electron chi connectivity index (χ4n) is 3.29. The van der Waals surface area contributed by atoms with Gasteiger partial charge in [0.05, 0.1) is 24.7 Å². The summed E-state index contributed by atoms with van der Waals surface area (Å²) in [6.45, 7) is 5.04. The standard InChI is InChI=1S/C25H26N6O3/c1-16(2)14-34-24-13-27-12-23(31-24)30-22-11-17(9-10-28-22)15-33-21-8-7-20(29-25(26)32)18-5-3-4-6-19(18)21/h3-13,16H,14-15H2,1-2H3,(H3,26,29,32)(H,28,30,31). The second kappa shape index (κ2) is 10.5. The molecule has 0 fully saturated rings. The van der Waals surface area contributed by atoms with Crippen molar-refractivity contribution in [3.05, 3.63) is 72.7 Å². The number of carbonyl (C=O) groups excluding carboxylic acids is 1. The summed E-state index contributed by atoms with van der Waals surface area (Å²) in [6, 6.07) is 14.4. The molecule has 0 radical (unpaired) electrons. The van der Waals surface area contributed by atoms with Crippen LogP contribution in [0.15, 0.2) is 67.1 Å². The molecule has 9 heteroatoms. The molecule has 9 nitrogen and oxygen atoms in total. The van der Waals surface area contributed by atoms with Gasteiger partial charge in [-0.2, -0.15) is 4.98 Å². The van der Waals surface area contributed by atoms with Crippen molar-refractivity contribution in [3.63, 3.8) is 0 Å². The molecule has 4 rings (SSSR count). The third-order valence-corrected chi connectivity index (χ3v) is 4.79. The van der Waals surface area contributed by atoms with Gasteiger partial charge in [0.15, 0.2) is 5.82 Å². The van der Waals surface area contributed by atoms with Crippen LogP contribution in [0.4, 0.5) is 22.1 Å². The van der Waals surface area contributed by atoms with Gasteiger partial charge in [-0.3, -0.25) is 4.98 Å². The van der Waals surface area contributed by atoms with E-state index >= 15 is 0 Å². The lowest BCUT2D eigenvalue weighted by Crippen LogP contribution is -2.19. The van der Waals surface area contributed by atoms with Crippen LogP contribution in [0.5, 0.6) is 11.6 Å². The molecular weight excluding hydrogens is 432 g/mol. The SMILES string of the molecule is CC(C)COc1cncc(Nc2cc(COc3ccc(NC(N)=O)c4ccccc34)ccn2)n1. The van der Waals surface area contributed by atoms with Gasteiger partial charge in [0, 0.05) is 17.0 Å². The average Bonchev–Trinajstić information content (AvgIpc) is 2.82.